The van der Waals surface area contributed by atoms with E-state index < -0.39 is 0 Å². The molecule has 2 heterocycles. The number of hydrogen-bond donors (Lipinski definition) is 1. The average Bonchev–Trinajstić information content (AvgIpc) is 2.80. The van der Waals surface area contributed by atoms with E-state index >= 15 is 0 Å². The van der Waals surface area contributed by atoms with Crippen molar-refractivity contribution in [3.63, 3.8) is 0 Å². The van der Waals surface area contributed by atoms with Crippen molar-refractivity contribution in [1.29, 1.82) is 0 Å². The standard InChI is InChI=1S/C11H19N3OS/c1-3-11(4-6-12-7-5-11)10-13-9(8-16-2)14-15-10/h12H,3-8H2,1-2H3. The SMILES string of the molecule is CCC1(c2nc(CSC)no2)CCNCC1. The number of hydrogen-bond acceptors (Lipinski definition) is 5. The molecular weight excluding hydrogens is 222 g/mol. The highest BCUT2D eigenvalue weighted by Gasteiger charge is 2.37. The molecule has 5 heteroatoms. The number of nitrogens with zero attached hydrogens (tertiary/aromatic N) is 2. The molecule has 0 radical (unpaired) electrons. The van der Waals surface area contributed by atoms with Gasteiger partial charge < -0.3 is 9.84 Å². The lowest BCUT2D eigenvalue weighted by Crippen LogP contribution is -2.39. The first kappa shape index (κ1) is 11.9. The van der Waals surface area contributed by atoms with E-state index in [1.54, 1.807) is 11.8 Å². The monoisotopic (exact) mass is 241 g/mol. The summed E-state index contributed by atoms with van der Waals surface area (Å²) in [6, 6.07) is 0. The molecule has 1 aliphatic rings. The minimum atomic E-state index is 0.120. The van der Waals surface area contributed by atoms with Crippen LogP contribution >= 0.6 is 11.8 Å². The second-order valence-electron chi connectivity index (χ2n) is 4.33. The van der Waals surface area contributed by atoms with Gasteiger partial charge in [-0.1, -0.05) is 12.1 Å². The van der Waals surface area contributed by atoms with Crippen LogP contribution in [-0.2, 0) is 11.2 Å². The van der Waals surface area contributed by atoms with Crippen LogP contribution in [0.4, 0.5) is 0 Å². The molecular formula is C11H19N3OS. The van der Waals surface area contributed by atoms with Gasteiger partial charge in [0.25, 0.3) is 0 Å². The lowest BCUT2D eigenvalue weighted by Gasteiger charge is -2.33. The molecule has 0 aromatic carbocycles. The van der Waals surface area contributed by atoms with Gasteiger partial charge in [0.05, 0.1) is 11.2 Å². The Bertz CT molecular complexity index is 334. The Hall–Kier alpha value is -0.550. The Kier molecular flexibility index (Phi) is 3.86. The highest BCUT2D eigenvalue weighted by molar-refractivity contribution is 7.97. The zero-order valence-electron chi connectivity index (χ0n) is 9.95. The fourth-order valence-corrected chi connectivity index (χ4v) is 2.66. The Morgan fingerprint density at radius 3 is 2.81 bits per heavy atom. The third-order valence-electron chi connectivity index (χ3n) is 3.43. The zero-order valence-corrected chi connectivity index (χ0v) is 10.8. The van der Waals surface area contributed by atoms with Gasteiger partial charge in [-0.2, -0.15) is 16.7 Å². The maximum absolute atomic E-state index is 5.45. The predicted molar refractivity (Wildman–Crippen MR) is 65.6 cm³/mol. The summed E-state index contributed by atoms with van der Waals surface area (Å²) in [7, 11) is 0. The summed E-state index contributed by atoms with van der Waals surface area (Å²) in [5.41, 5.74) is 0.120. The molecule has 1 aromatic rings. The first-order chi connectivity index (χ1) is 7.80. The van der Waals surface area contributed by atoms with Gasteiger partial charge in [-0.05, 0) is 38.6 Å². The number of piperidine rings is 1. The van der Waals surface area contributed by atoms with Crippen molar-refractivity contribution < 1.29 is 4.52 Å². The maximum atomic E-state index is 5.45. The summed E-state index contributed by atoms with van der Waals surface area (Å²) >= 11 is 1.72. The van der Waals surface area contributed by atoms with Crippen LogP contribution in [0.2, 0.25) is 0 Å². The lowest BCUT2D eigenvalue weighted by atomic mass is 9.76. The van der Waals surface area contributed by atoms with Crippen LogP contribution in [0.25, 0.3) is 0 Å². The molecule has 0 unspecified atom stereocenters. The second kappa shape index (κ2) is 5.19. The van der Waals surface area contributed by atoms with Gasteiger partial charge in [0.15, 0.2) is 5.82 Å². The fraction of sp³-hybridized carbons (Fsp3) is 0.818. The summed E-state index contributed by atoms with van der Waals surface area (Å²) < 4.78 is 5.45. The molecule has 0 atom stereocenters. The van der Waals surface area contributed by atoms with Gasteiger partial charge in [-0.3, -0.25) is 0 Å². The third-order valence-corrected chi connectivity index (χ3v) is 3.98. The van der Waals surface area contributed by atoms with Crippen LogP contribution in [-0.4, -0.2) is 29.5 Å². The molecule has 4 nitrogen and oxygen atoms in total. The molecule has 1 aromatic heterocycles. The first-order valence-corrected chi connectivity index (χ1v) is 7.23. The summed E-state index contributed by atoms with van der Waals surface area (Å²) in [5, 5.41) is 7.43. The summed E-state index contributed by atoms with van der Waals surface area (Å²) in [4.78, 5) is 4.54. The van der Waals surface area contributed by atoms with E-state index in [0.29, 0.717) is 0 Å². The average molecular weight is 241 g/mol. The summed E-state index contributed by atoms with van der Waals surface area (Å²) in [6.07, 6.45) is 5.33. The van der Waals surface area contributed by atoms with Gasteiger partial charge in [0.1, 0.15) is 0 Å². The Labute approximate surface area is 101 Å². The molecule has 1 N–H and O–H groups in total. The van der Waals surface area contributed by atoms with Crippen molar-refractivity contribution >= 4 is 11.8 Å². The molecule has 0 spiro atoms. The Balaban J connectivity index is 2.18. The van der Waals surface area contributed by atoms with Gasteiger partial charge in [-0.25, -0.2) is 0 Å². The van der Waals surface area contributed by atoms with Crippen LogP contribution in [0.5, 0.6) is 0 Å². The van der Waals surface area contributed by atoms with E-state index in [9.17, 15) is 0 Å². The fourth-order valence-electron chi connectivity index (χ4n) is 2.28. The second-order valence-corrected chi connectivity index (χ2v) is 5.20. The predicted octanol–water partition coefficient (Wildman–Crippen LogP) is 1.96. The maximum Gasteiger partial charge on any atom is 0.232 e. The molecule has 16 heavy (non-hydrogen) atoms. The quantitative estimate of drug-likeness (QED) is 0.873. The Morgan fingerprint density at radius 1 is 1.44 bits per heavy atom. The summed E-state index contributed by atoms with van der Waals surface area (Å²) in [5.74, 6) is 2.51. The van der Waals surface area contributed by atoms with E-state index in [-0.39, 0.29) is 5.41 Å². The topological polar surface area (TPSA) is 51.0 Å². The molecule has 0 aliphatic carbocycles. The highest BCUT2D eigenvalue weighted by Crippen LogP contribution is 2.35. The molecule has 0 saturated carbocycles. The van der Waals surface area contributed by atoms with Crippen molar-refractivity contribution in [3.05, 3.63) is 11.7 Å². The number of aromatic nitrogens is 2. The minimum absolute atomic E-state index is 0.120. The largest absolute Gasteiger partial charge is 0.339 e. The van der Waals surface area contributed by atoms with Crippen LogP contribution < -0.4 is 5.32 Å². The smallest absolute Gasteiger partial charge is 0.232 e. The number of thioether (sulfide) groups is 1. The van der Waals surface area contributed by atoms with Crippen LogP contribution in [0.15, 0.2) is 4.52 Å². The molecule has 0 bridgehead atoms. The first-order valence-electron chi connectivity index (χ1n) is 5.83. The Morgan fingerprint density at radius 2 is 2.19 bits per heavy atom. The van der Waals surface area contributed by atoms with Crippen LogP contribution in [0.1, 0.15) is 37.9 Å². The highest BCUT2D eigenvalue weighted by atomic mass is 32.2. The molecule has 0 amide bonds. The molecule has 1 fully saturated rings. The molecule has 1 saturated heterocycles. The van der Waals surface area contributed by atoms with Gasteiger partial charge in [0, 0.05) is 0 Å². The molecule has 1 aliphatic heterocycles. The zero-order chi connectivity index (χ0) is 11.4. The normalized spacial score (nSPS) is 19.9. The van der Waals surface area contributed by atoms with Crippen molar-refractivity contribution in [2.75, 3.05) is 19.3 Å². The van der Waals surface area contributed by atoms with E-state index in [0.717, 1.165) is 49.8 Å². The van der Waals surface area contributed by atoms with Crippen molar-refractivity contribution in [2.24, 2.45) is 0 Å². The molecule has 90 valence electrons. The minimum Gasteiger partial charge on any atom is -0.339 e. The van der Waals surface area contributed by atoms with E-state index in [1.807, 2.05) is 0 Å². The number of rotatable bonds is 4. The van der Waals surface area contributed by atoms with E-state index in [2.05, 4.69) is 28.6 Å². The number of nitrogens with one attached hydrogen (secondary N) is 1. The van der Waals surface area contributed by atoms with Gasteiger partial charge >= 0.3 is 0 Å². The molecule has 2 rings (SSSR count). The van der Waals surface area contributed by atoms with E-state index in [4.69, 9.17) is 4.52 Å². The van der Waals surface area contributed by atoms with Gasteiger partial charge in [-0.15, -0.1) is 0 Å². The van der Waals surface area contributed by atoms with Crippen molar-refractivity contribution in [2.45, 2.75) is 37.4 Å². The van der Waals surface area contributed by atoms with Crippen LogP contribution in [0, 0.1) is 0 Å². The van der Waals surface area contributed by atoms with E-state index in [1.165, 1.54) is 0 Å². The van der Waals surface area contributed by atoms with Gasteiger partial charge in [0.2, 0.25) is 5.89 Å². The third kappa shape index (κ3) is 2.25. The lowest BCUT2D eigenvalue weighted by molar-refractivity contribution is 0.216. The van der Waals surface area contributed by atoms with Crippen molar-refractivity contribution in [3.8, 4) is 0 Å². The van der Waals surface area contributed by atoms with Crippen LogP contribution in [0.3, 0.4) is 0 Å². The van der Waals surface area contributed by atoms with Crippen molar-refractivity contribution in [1.82, 2.24) is 15.5 Å². The summed E-state index contributed by atoms with van der Waals surface area (Å²) in [6.45, 7) is 4.31.